The number of rotatable bonds is 10. The van der Waals surface area contributed by atoms with Crippen molar-refractivity contribution in [3.05, 3.63) is 76.6 Å². The molecule has 220 valence electrons. The summed E-state index contributed by atoms with van der Waals surface area (Å²) in [5, 5.41) is 6.67. The minimum absolute atomic E-state index is 0.104. The van der Waals surface area contributed by atoms with E-state index in [9.17, 15) is 22.8 Å². The van der Waals surface area contributed by atoms with E-state index in [2.05, 4.69) is 24.3 Å². The number of aromatic nitrogens is 2. The fourth-order valence-corrected chi connectivity index (χ4v) is 5.53. The number of esters is 1. The fourth-order valence-electron chi connectivity index (χ4n) is 5.53. The van der Waals surface area contributed by atoms with Crippen molar-refractivity contribution < 1.29 is 32.2 Å². The van der Waals surface area contributed by atoms with E-state index in [1.54, 1.807) is 19.1 Å². The molecule has 0 spiro atoms. The Hall–Kier alpha value is -3.82. The van der Waals surface area contributed by atoms with E-state index >= 15 is 0 Å². The van der Waals surface area contributed by atoms with Gasteiger partial charge in [0.05, 0.1) is 30.5 Å². The summed E-state index contributed by atoms with van der Waals surface area (Å²) in [7, 11) is 0. The number of hydrogen-bond donors (Lipinski definition) is 1. The molecule has 7 nitrogen and oxygen atoms in total. The van der Waals surface area contributed by atoms with E-state index in [-0.39, 0.29) is 42.3 Å². The molecule has 10 heteroatoms. The molecule has 0 aliphatic heterocycles. The molecule has 4 rings (SSSR count). The molecule has 1 saturated carbocycles. The van der Waals surface area contributed by atoms with Crippen LogP contribution in [0.15, 0.2) is 48.8 Å². The summed E-state index contributed by atoms with van der Waals surface area (Å²) in [6, 6.07) is 10.9. The van der Waals surface area contributed by atoms with E-state index in [0.717, 1.165) is 41.9 Å². The number of nitrogens with one attached hydrogen (secondary N) is 1. The van der Waals surface area contributed by atoms with Gasteiger partial charge in [-0.15, -0.1) is 0 Å². The third kappa shape index (κ3) is 7.28. The van der Waals surface area contributed by atoms with E-state index in [4.69, 9.17) is 9.47 Å². The number of ether oxygens (including phenoxy) is 2. The number of hydrogen-bond acceptors (Lipinski definition) is 5. The number of nitrogens with zero attached hydrogens (tertiary/aromatic N) is 2. The number of aryl methyl sites for hydroxylation is 2. The fraction of sp³-hybridized carbons (Fsp3) is 0.452. The second-order valence-electron chi connectivity index (χ2n) is 11.4. The van der Waals surface area contributed by atoms with E-state index in [1.807, 2.05) is 38.1 Å². The van der Waals surface area contributed by atoms with Gasteiger partial charge in [-0.05, 0) is 80.0 Å². The second kappa shape index (κ2) is 12.0. The van der Waals surface area contributed by atoms with Crippen molar-refractivity contribution in [1.82, 2.24) is 15.1 Å². The molecule has 3 aromatic rings. The summed E-state index contributed by atoms with van der Waals surface area (Å²) in [4.78, 5) is 24.1. The van der Waals surface area contributed by atoms with Gasteiger partial charge in [-0.3, -0.25) is 9.59 Å². The molecule has 0 bridgehead atoms. The van der Waals surface area contributed by atoms with Crippen LogP contribution in [0.25, 0.3) is 5.69 Å². The largest absolute Gasteiger partial charge is 0.485 e. The third-order valence-corrected chi connectivity index (χ3v) is 7.35. The molecule has 1 aromatic heterocycles. The standard InChI is InChI=1S/C31H36F3N3O4/c1-6-40-26(38)11-12-35-29(39)22-9-7-21(8-10-22)28(23-15-30(4,5)16-23)41-25-13-19(2)27(20(3)14-25)37-18-24(17-36-37)31(32,33)34/h7-10,13-14,17-18,23,28H,6,11-12,15-16H2,1-5H3,(H,35,39). The van der Waals surface area contributed by atoms with Crippen LogP contribution >= 0.6 is 0 Å². The summed E-state index contributed by atoms with van der Waals surface area (Å²) in [5.74, 6) is 0.232. The van der Waals surface area contributed by atoms with E-state index in [0.29, 0.717) is 23.6 Å². The second-order valence-corrected chi connectivity index (χ2v) is 11.4. The Morgan fingerprint density at radius 3 is 2.29 bits per heavy atom. The normalized spacial score (nSPS) is 15.6. The van der Waals surface area contributed by atoms with Crippen molar-refractivity contribution in [3.63, 3.8) is 0 Å². The zero-order valence-electron chi connectivity index (χ0n) is 24.0. The Balaban J connectivity index is 1.52. The maximum absolute atomic E-state index is 13.1. The van der Waals surface area contributed by atoms with Crippen molar-refractivity contribution in [2.75, 3.05) is 13.2 Å². The van der Waals surface area contributed by atoms with Gasteiger partial charge in [-0.25, -0.2) is 4.68 Å². The van der Waals surface area contributed by atoms with Gasteiger partial charge in [0, 0.05) is 24.2 Å². The summed E-state index contributed by atoms with van der Waals surface area (Å²) < 4.78 is 52.1. The minimum Gasteiger partial charge on any atom is -0.485 e. The van der Waals surface area contributed by atoms with Crippen molar-refractivity contribution in [2.24, 2.45) is 11.3 Å². The highest BCUT2D eigenvalue weighted by atomic mass is 19.4. The number of benzene rings is 2. The zero-order chi connectivity index (χ0) is 29.9. The predicted molar refractivity (Wildman–Crippen MR) is 148 cm³/mol. The van der Waals surface area contributed by atoms with Crippen LogP contribution in [-0.2, 0) is 15.7 Å². The SMILES string of the molecule is CCOC(=O)CCNC(=O)c1ccc(C(Oc2cc(C)c(-n3cc(C(F)(F)F)cn3)c(C)c2)C2CC(C)(C)C2)cc1. The molecule has 1 atom stereocenters. The first-order valence-electron chi connectivity index (χ1n) is 13.7. The summed E-state index contributed by atoms with van der Waals surface area (Å²) >= 11 is 0. The first kappa shape index (κ1) is 30.1. The number of amides is 1. The lowest BCUT2D eigenvalue weighted by Crippen LogP contribution is -2.37. The van der Waals surface area contributed by atoms with Gasteiger partial charge >= 0.3 is 12.1 Å². The Morgan fingerprint density at radius 1 is 1.12 bits per heavy atom. The van der Waals surface area contributed by atoms with Gasteiger partial charge in [0.15, 0.2) is 0 Å². The van der Waals surface area contributed by atoms with E-state index < -0.39 is 11.7 Å². The van der Waals surface area contributed by atoms with Crippen LogP contribution in [-0.4, -0.2) is 34.8 Å². The van der Waals surface area contributed by atoms with Gasteiger partial charge in [0.25, 0.3) is 5.91 Å². The molecule has 0 radical (unpaired) electrons. The predicted octanol–water partition coefficient (Wildman–Crippen LogP) is 6.75. The number of halogens is 3. The van der Waals surface area contributed by atoms with Crippen molar-refractivity contribution in [2.45, 2.75) is 66.2 Å². The average Bonchev–Trinajstić information content (AvgIpc) is 3.36. The average molecular weight is 572 g/mol. The number of carbonyl (C=O) groups excluding carboxylic acids is 2. The van der Waals surface area contributed by atoms with Crippen molar-refractivity contribution >= 4 is 11.9 Å². The van der Waals surface area contributed by atoms with Crippen LogP contribution in [0, 0.1) is 25.2 Å². The first-order valence-corrected chi connectivity index (χ1v) is 13.7. The molecule has 1 aliphatic carbocycles. The quantitative estimate of drug-likeness (QED) is 0.272. The minimum atomic E-state index is -4.47. The van der Waals surface area contributed by atoms with Crippen LogP contribution in [0.3, 0.4) is 0 Å². The Labute approximate surface area is 238 Å². The Morgan fingerprint density at radius 2 is 1.76 bits per heavy atom. The van der Waals surface area contributed by atoms with Gasteiger partial charge in [0.2, 0.25) is 0 Å². The van der Waals surface area contributed by atoms with E-state index in [1.165, 1.54) is 4.68 Å². The maximum atomic E-state index is 13.1. The van der Waals surface area contributed by atoms with Crippen LogP contribution in [0.4, 0.5) is 13.2 Å². The topological polar surface area (TPSA) is 82.5 Å². The lowest BCUT2D eigenvalue weighted by Gasteiger charge is -2.46. The molecule has 1 heterocycles. The third-order valence-electron chi connectivity index (χ3n) is 7.35. The summed E-state index contributed by atoms with van der Waals surface area (Å²) in [6.07, 6.45) is -0.881. The lowest BCUT2D eigenvalue weighted by molar-refractivity contribution is -0.143. The van der Waals surface area contributed by atoms with Crippen molar-refractivity contribution in [1.29, 1.82) is 0 Å². The van der Waals surface area contributed by atoms with Gasteiger partial charge < -0.3 is 14.8 Å². The molecule has 1 N–H and O–H groups in total. The molecule has 1 unspecified atom stereocenters. The zero-order valence-corrected chi connectivity index (χ0v) is 24.0. The highest BCUT2D eigenvalue weighted by molar-refractivity contribution is 5.94. The molecule has 2 aromatic carbocycles. The van der Waals surface area contributed by atoms with Crippen LogP contribution in [0.2, 0.25) is 0 Å². The molecule has 41 heavy (non-hydrogen) atoms. The molecule has 0 saturated heterocycles. The van der Waals surface area contributed by atoms with Gasteiger partial charge in [0.1, 0.15) is 11.9 Å². The lowest BCUT2D eigenvalue weighted by atomic mass is 9.62. The monoisotopic (exact) mass is 571 g/mol. The first-order chi connectivity index (χ1) is 19.3. The summed E-state index contributed by atoms with van der Waals surface area (Å²) in [6.45, 7) is 10.3. The van der Waals surface area contributed by atoms with Crippen LogP contribution < -0.4 is 10.1 Å². The number of carbonyl (C=O) groups is 2. The highest BCUT2D eigenvalue weighted by Gasteiger charge is 2.42. The van der Waals surface area contributed by atoms with Crippen molar-refractivity contribution in [3.8, 4) is 11.4 Å². The Kier molecular flexibility index (Phi) is 8.80. The molecule has 1 aliphatic rings. The molecule has 1 fully saturated rings. The summed E-state index contributed by atoms with van der Waals surface area (Å²) in [5.41, 5.74) is 2.84. The molecular formula is C31H36F3N3O4. The van der Waals surface area contributed by atoms with Crippen LogP contribution in [0.5, 0.6) is 5.75 Å². The molecule has 1 amide bonds. The van der Waals surface area contributed by atoms with Gasteiger partial charge in [-0.1, -0.05) is 26.0 Å². The molecular weight excluding hydrogens is 535 g/mol. The number of alkyl halides is 3. The highest BCUT2D eigenvalue weighted by Crippen LogP contribution is 2.51. The Bertz CT molecular complexity index is 1370. The van der Waals surface area contributed by atoms with Crippen LogP contribution in [0.1, 0.15) is 78.7 Å². The smallest absolute Gasteiger partial charge is 0.419 e. The maximum Gasteiger partial charge on any atom is 0.419 e. The van der Waals surface area contributed by atoms with Gasteiger partial charge in [-0.2, -0.15) is 18.3 Å².